The number of aliphatic hydroxyl groups is 1. The number of amides is 3. The molecule has 38 heavy (non-hydrogen) atoms. The van der Waals surface area contributed by atoms with Crippen LogP contribution in [0.5, 0.6) is 0 Å². The maximum absolute atomic E-state index is 14.4. The molecule has 1 N–H and O–H groups in total. The Balaban J connectivity index is 1.57. The number of likely N-dealkylation sites (N-methyl/N-ethyl adjacent to an activating group) is 1. The van der Waals surface area contributed by atoms with Crippen LogP contribution < -0.4 is 9.80 Å². The van der Waals surface area contributed by atoms with Gasteiger partial charge in [0.25, 0.3) is 5.91 Å². The first-order valence-corrected chi connectivity index (χ1v) is 14.4. The van der Waals surface area contributed by atoms with Crippen LogP contribution in [-0.4, -0.2) is 94.5 Å². The third-order valence-electron chi connectivity index (χ3n) is 8.61. The second kappa shape index (κ2) is 10.1. The number of carbonyl (C=O) groups is 3. The van der Waals surface area contributed by atoms with Crippen molar-refractivity contribution in [1.82, 2.24) is 9.80 Å². The minimum absolute atomic E-state index is 0.0584. The Morgan fingerprint density at radius 2 is 1.66 bits per heavy atom. The molecule has 0 aromatic heterocycles. The van der Waals surface area contributed by atoms with Gasteiger partial charge in [0.05, 0.1) is 16.6 Å². The van der Waals surface area contributed by atoms with Crippen molar-refractivity contribution in [3.8, 4) is 0 Å². The number of hydrogen-bond acceptors (Lipinski definition) is 6. The lowest BCUT2D eigenvalue weighted by molar-refractivity contribution is -0.143. The number of likely N-dealkylation sites (tertiary alicyclic amines) is 1. The molecule has 4 heterocycles. The van der Waals surface area contributed by atoms with Crippen molar-refractivity contribution in [1.29, 1.82) is 0 Å². The van der Waals surface area contributed by atoms with E-state index in [9.17, 15) is 19.5 Å². The summed E-state index contributed by atoms with van der Waals surface area (Å²) in [4.78, 5) is 49.5. The Morgan fingerprint density at radius 3 is 2.32 bits per heavy atom. The van der Waals surface area contributed by atoms with Gasteiger partial charge in [-0.25, -0.2) is 0 Å². The van der Waals surface area contributed by atoms with E-state index in [1.807, 2.05) is 49.4 Å². The highest BCUT2D eigenvalue weighted by atomic mass is 32.2. The molecule has 204 valence electrons. The predicted octanol–water partition coefficient (Wildman–Crippen LogP) is 2.53. The van der Waals surface area contributed by atoms with Crippen LogP contribution in [-0.2, 0) is 14.4 Å². The van der Waals surface area contributed by atoms with Gasteiger partial charge in [-0.05, 0) is 51.5 Å². The summed E-state index contributed by atoms with van der Waals surface area (Å²) in [5.74, 6) is -1.58. The topological polar surface area (TPSA) is 84.4 Å². The molecule has 1 aromatic rings. The smallest absolute Gasteiger partial charge is 0.251 e. The average molecular weight is 539 g/mol. The van der Waals surface area contributed by atoms with Crippen LogP contribution in [0.1, 0.15) is 27.2 Å². The van der Waals surface area contributed by atoms with Gasteiger partial charge in [0.1, 0.15) is 6.04 Å². The Bertz CT molecular complexity index is 1170. The lowest BCUT2D eigenvalue weighted by Gasteiger charge is -2.37. The first-order chi connectivity index (χ1) is 18.2. The van der Waals surface area contributed by atoms with E-state index in [4.69, 9.17) is 0 Å². The van der Waals surface area contributed by atoms with Gasteiger partial charge in [-0.2, -0.15) is 0 Å². The van der Waals surface area contributed by atoms with E-state index in [2.05, 4.69) is 24.8 Å². The third kappa shape index (κ3) is 3.97. The van der Waals surface area contributed by atoms with Crippen LogP contribution in [0.4, 0.5) is 11.4 Å². The molecular weight excluding hydrogens is 500 g/mol. The molecule has 1 spiro atoms. The Morgan fingerprint density at radius 1 is 0.974 bits per heavy atom. The molecule has 1 unspecified atom stereocenters. The van der Waals surface area contributed by atoms with E-state index in [-0.39, 0.29) is 30.9 Å². The number of anilines is 2. The van der Waals surface area contributed by atoms with E-state index >= 15 is 0 Å². The van der Waals surface area contributed by atoms with Gasteiger partial charge < -0.3 is 24.7 Å². The van der Waals surface area contributed by atoms with Crippen LogP contribution in [0.25, 0.3) is 0 Å². The summed E-state index contributed by atoms with van der Waals surface area (Å²) in [6.07, 6.45) is 8.46. The highest BCUT2D eigenvalue weighted by Gasteiger charge is 2.73. The molecule has 3 amide bonds. The summed E-state index contributed by atoms with van der Waals surface area (Å²) >= 11 is 1.59. The second-order valence-electron chi connectivity index (χ2n) is 10.8. The molecule has 1 aromatic carbocycles. The van der Waals surface area contributed by atoms with Crippen molar-refractivity contribution >= 4 is 40.9 Å². The molecule has 5 rings (SSSR count). The van der Waals surface area contributed by atoms with Gasteiger partial charge in [-0.1, -0.05) is 24.3 Å². The molecule has 4 aliphatic heterocycles. The Hall–Kier alpha value is -2.78. The minimum Gasteiger partial charge on any atom is -0.396 e. The van der Waals surface area contributed by atoms with Crippen LogP contribution >= 0.6 is 11.8 Å². The van der Waals surface area contributed by atoms with Crippen LogP contribution in [0.3, 0.4) is 0 Å². The first-order valence-electron chi connectivity index (χ1n) is 13.6. The maximum atomic E-state index is 14.4. The number of fused-ring (bicyclic) bond motifs is 2. The molecule has 2 saturated heterocycles. The fraction of sp³-hybridized carbons (Fsp3) is 0.552. The third-order valence-corrected chi connectivity index (χ3v) is 10.4. The monoisotopic (exact) mass is 538 g/mol. The van der Waals surface area contributed by atoms with Gasteiger partial charge in [-0.15, -0.1) is 11.8 Å². The summed E-state index contributed by atoms with van der Waals surface area (Å²) in [6.45, 7) is 9.15. The van der Waals surface area contributed by atoms with E-state index < -0.39 is 27.4 Å². The molecule has 0 aliphatic carbocycles. The number of nitrogens with zero attached hydrogens (tertiary/aromatic N) is 4. The van der Waals surface area contributed by atoms with Crippen molar-refractivity contribution in [3.05, 3.63) is 48.6 Å². The fourth-order valence-electron chi connectivity index (χ4n) is 6.79. The maximum Gasteiger partial charge on any atom is 0.251 e. The summed E-state index contributed by atoms with van der Waals surface area (Å²) in [5, 5.41) is 9.59. The zero-order chi connectivity index (χ0) is 27.2. The van der Waals surface area contributed by atoms with Crippen molar-refractivity contribution in [2.75, 3.05) is 56.2 Å². The number of benzene rings is 1. The summed E-state index contributed by atoms with van der Waals surface area (Å²) in [5.41, 5.74) is 1.88. The van der Waals surface area contributed by atoms with Crippen LogP contribution in [0, 0.1) is 11.8 Å². The second-order valence-corrected chi connectivity index (χ2v) is 12.6. The van der Waals surface area contributed by atoms with Gasteiger partial charge in [0.15, 0.2) is 0 Å². The zero-order valence-electron chi connectivity index (χ0n) is 22.7. The minimum atomic E-state index is -0.864. The Kier molecular flexibility index (Phi) is 7.11. The van der Waals surface area contributed by atoms with Crippen molar-refractivity contribution in [3.63, 3.8) is 0 Å². The van der Waals surface area contributed by atoms with Crippen molar-refractivity contribution < 1.29 is 19.5 Å². The van der Waals surface area contributed by atoms with Gasteiger partial charge >= 0.3 is 0 Å². The highest BCUT2D eigenvalue weighted by Crippen LogP contribution is 2.65. The molecule has 0 radical (unpaired) electrons. The van der Waals surface area contributed by atoms with E-state index in [1.165, 1.54) is 0 Å². The highest BCUT2D eigenvalue weighted by molar-refractivity contribution is 8.02. The fourth-order valence-corrected chi connectivity index (χ4v) is 8.95. The van der Waals surface area contributed by atoms with Gasteiger partial charge in [0.2, 0.25) is 11.8 Å². The molecule has 5 atom stereocenters. The lowest BCUT2D eigenvalue weighted by Crippen LogP contribution is -2.53. The normalized spacial score (nSPS) is 32.3. The first kappa shape index (κ1) is 26.8. The van der Waals surface area contributed by atoms with Crippen LogP contribution in [0.15, 0.2) is 48.6 Å². The van der Waals surface area contributed by atoms with Gasteiger partial charge in [0, 0.05) is 62.5 Å². The molecule has 4 aliphatic rings. The standard InChI is InChI=1S/C29H38N4O4S/c1-5-31(6-2)20-10-12-21(13-11-20)32-17-8-15-29-23(26(36)33(18-9-19-34)24(29)27(32)37)22-25(35)30(4)16-7-14-28(22,3)38-29/h7-8,10-15,22-24,34H,5-6,9,16-19H2,1-4H3/t22-,23-,24?,28+,29-/m0/s1. The van der Waals surface area contributed by atoms with Crippen molar-refractivity contribution in [2.24, 2.45) is 11.8 Å². The summed E-state index contributed by atoms with van der Waals surface area (Å²) in [7, 11) is 1.77. The molecule has 0 bridgehead atoms. The summed E-state index contributed by atoms with van der Waals surface area (Å²) in [6, 6.07) is 7.26. The number of rotatable bonds is 7. The molecule has 0 saturated carbocycles. The zero-order valence-corrected chi connectivity index (χ0v) is 23.5. The van der Waals surface area contributed by atoms with E-state index in [0.29, 0.717) is 19.5 Å². The van der Waals surface area contributed by atoms with Crippen molar-refractivity contribution in [2.45, 2.75) is 42.7 Å². The number of thioether (sulfide) groups is 1. The number of hydrogen-bond donors (Lipinski definition) is 1. The number of carbonyl (C=O) groups excluding carboxylic acids is 3. The Labute approximate surface area is 229 Å². The summed E-state index contributed by atoms with van der Waals surface area (Å²) < 4.78 is -1.47. The predicted molar refractivity (Wildman–Crippen MR) is 151 cm³/mol. The van der Waals surface area contributed by atoms with E-state index in [1.54, 1.807) is 33.5 Å². The average Bonchev–Trinajstić information content (AvgIpc) is 3.18. The molecule has 2 fully saturated rings. The number of aliphatic hydroxyl groups excluding tert-OH is 1. The SMILES string of the molecule is CCN(CC)c1ccc(N2CC=C[C@]34S[C@]5(C)C=CCN(C)C(=O)[C@@H]5[C@H]3C(=O)N(CCCO)C4C2=O)cc1. The molecule has 8 nitrogen and oxygen atoms in total. The van der Waals surface area contributed by atoms with E-state index in [0.717, 1.165) is 24.5 Å². The van der Waals surface area contributed by atoms with Crippen LogP contribution in [0.2, 0.25) is 0 Å². The molecular formula is C29H38N4O4S. The van der Waals surface area contributed by atoms with Gasteiger partial charge in [-0.3, -0.25) is 14.4 Å². The lowest BCUT2D eigenvalue weighted by atomic mass is 9.74. The largest absolute Gasteiger partial charge is 0.396 e. The quantitative estimate of drug-likeness (QED) is 0.538. The molecule has 9 heteroatoms.